The maximum absolute atomic E-state index is 12.7. The van der Waals surface area contributed by atoms with E-state index in [-0.39, 0.29) is 11.9 Å². The highest BCUT2D eigenvalue weighted by Gasteiger charge is 2.30. The second kappa shape index (κ2) is 7.79. The number of methoxy groups -OCH3 is 2. The Kier molecular flexibility index (Phi) is 5.47. The van der Waals surface area contributed by atoms with Crippen LogP contribution in [0.25, 0.3) is 0 Å². The first-order valence-corrected chi connectivity index (χ1v) is 8.83. The van der Waals surface area contributed by atoms with Gasteiger partial charge in [0.05, 0.1) is 20.8 Å². The van der Waals surface area contributed by atoms with Gasteiger partial charge >= 0.3 is 0 Å². The van der Waals surface area contributed by atoms with Crippen molar-refractivity contribution in [3.63, 3.8) is 0 Å². The van der Waals surface area contributed by atoms with Gasteiger partial charge in [-0.3, -0.25) is 9.69 Å². The number of ether oxygens (including phenoxy) is 2. The first-order valence-electron chi connectivity index (χ1n) is 8.83. The number of amides is 1. The Hall–Kier alpha value is -2.53. The second-order valence-electron chi connectivity index (χ2n) is 6.81. The largest absolute Gasteiger partial charge is 0.497 e. The second-order valence-corrected chi connectivity index (χ2v) is 6.81. The zero-order valence-electron chi connectivity index (χ0n) is 15.9. The van der Waals surface area contributed by atoms with Gasteiger partial charge in [0.1, 0.15) is 11.5 Å². The molecule has 26 heavy (non-hydrogen) atoms. The van der Waals surface area contributed by atoms with Crippen LogP contribution in [0.4, 0.5) is 5.69 Å². The van der Waals surface area contributed by atoms with Gasteiger partial charge in [0, 0.05) is 30.9 Å². The Labute approximate surface area is 155 Å². The van der Waals surface area contributed by atoms with Crippen molar-refractivity contribution in [3.8, 4) is 11.5 Å². The Bertz CT molecular complexity index is 751. The summed E-state index contributed by atoms with van der Waals surface area (Å²) < 4.78 is 10.7. The number of nitrogens with zero attached hydrogens (tertiary/aromatic N) is 2. The highest BCUT2D eigenvalue weighted by molar-refractivity contribution is 5.95. The molecular formula is C21H26N2O3. The van der Waals surface area contributed by atoms with Gasteiger partial charge in [0.2, 0.25) is 5.91 Å². The van der Waals surface area contributed by atoms with Gasteiger partial charge in [-0.25, -0.2) is 0 Å². The van der Waals surface area contributed by atoms with Crippen molar-refractivity contribution in [1.82, 2.24) is 4.90 Å². The van der Waals surface area contributed by atoms with E-state index in [4.69, 9.17) is 9.47 Å². The van der Waals surface area contributed by atoms with Crippen molar-refractivity contribution in [2.24, 2.45) is 0 Å². The summed E-state index contributed by atoms with van der Waals surface area (Å²) in [5.41, 5.74) is 3.24. The van der Waals surface area contributed by atoms with E-state index in [9.17, 15) is 4.79 Å². The highest BCUT2D eigenvalue weighted by Crippen LogP contribution is 2.26. The Morgan fingerprint density at radius 2 is 1.65 bits per heavy atom. The average Bonchev–Trinajstić information content (AvgIpc) is 2.65. The zero-order valence-corrected chi connectivity index (χ0v) is 15.9. The molecule has 5 nitrogen and oxygen atoms in total. The minimum absolute atomic E-state index is 0.127. The number of carbonyl (C=O) groups excluding carboxylic acids is 1. The molecule has 0 unspecified atom stereocenters. The molecule has 0 saturated carbocycles. The van der Waals surface area contributed by atoms with Crippen LogP contribution in [-0.2, 0) is 11.3 Å². The van der Waals surface area contributed by atoms with E-state index in [1.807, 2.05) is 47.4 Å². The Morgan fingerprint density at radius 1 is 1.04 bits per heavy atom. The molecule has 5 heteroatoms. The van der Waals surface area contributed by atoms with E-state index in [2.05, 4.69) is 18.7 Å². The van der Waals surface area contributed by atoms with Gasteiger partial charge < -0.3 is 14.4 Å². The number of rotatable bonds is 5. The quantitative estimate of drug-likeness (QED) is 0.827. The van der Waals surface area contributed by atoms with Gasteiger partial charge in [-0.1, -0.05) is 17.7 Å². The topological polar surface area (TPSA) is 42.0 Å². The SMILES string of the molecule is COc1cc(CN2CC(=O)N(c3ccc(C)cc3)C[C@H]2C)cc(OC)c1. The van der Waals surface area contributed by atoms with Crippen LogP contribution in [0, 0.1) is 6.92 Å². The zero-order chi connectivity index (χ0) is 18.7. The minimum atomic E-state index is 0.127. The molecule has 0 N–H and O–H groups in total. The van der Waals surface area contributed by atoms with Crippen LogP contribution < -0.4 is 14.4 Å². The minimum Gasteiger partial charge on any atom is -0.497 e. The number of anilines is 1. The Balaban J connectivity index is 1.74. The first-order chi connectivity index (χ1) is 12.5. The van der Waals surface area contributed by atoms with Crippen LogP contribution >= 0.6 is 0 Å². The summed E-state index contributed by atoms with van der Waals surface area (Å²) in [6, 6.07) is 14.2. The average molecular weight is 354 g/mol. The lowest BCUT2D eigenvalue weighted by Gasteiger charge is -2.39. The molecule has 0 radical (unpaired) electrons. The molecule has 1 aliphatic rings. The van der Waals surface area contributed by atoms with Gasteiger partial charge in [-0.2, -0.15) is 0 Å². The van der Waals surface area contributed by atoms with Crippen molar-refractivity contribution >= 4 is 11.6 Å². The summed E-state index contributed by atoms with van der Waals surface area (Å²) in [6.45, 7) is 5.97. The summed E-state index contributed by atoms with van der Waals surface area (Å²) in [4.78, 5) is 16.8. The van der Waals surface area contributed by atoms with Gasteiger partial charge in [-0.05, 0) is 43.7 Å². The lowest BCUT2D eigenvalue weighted by molar-refractivity contribution is -0.122. The molecule has 138 valence electrons. The molecular weight excluding hydrogens is 328 g/mol. The van der Waals surface area contributed by atoms with E-state index in [1.54, 1.807) is 14.2 Å². The van der Waals surface area contributed by atoms with E-state index >= 15 is 0 Å². The molecule has 0 aliphatic carbocycles. The maximum Gasteiger partial charge on any atom is 0.241 e. The predicted molar refractivity (Wildman–Crippen MR) is 103 cm³/mol. The number of piperazine rings is 1. The molecule has 1 amide bonds. The fourth-order valence-corrected chi connectivity index (χ4v) is 3.27. The lowest BCUT2D eigenvalue weighted by atomic mass is 10.1. The standard InChI is InChI=1S/C21H26N2O3/c1-15-5-7-18(8-6-15)23-12-16(2)22(14-21(23)24)13-17-9-19(25-3)11-20(10-17)26-4/h5-11,16H,12-14H2,1-4H3/t16-/m1/s1. The molecule has 1 saturated heterocycles. The fraction of sp³-hybridized carbons (Fsp3) is 0.381. The number of hydrogen-bond acceptors (Lipinski definition) is 4. The van der Waals surface area contributed by atoms with Gasteiger partial charge in [0.15, 0.2) is 0 Å². The predicted octanol–water partition coefficient (Wildman–Crippen LogP) is 3.25. The van der Waals surface area contributed by atoms with Crippen LogP contribution in [0.5, 0.6) is 11.5 Å². The van der Waals surface area contributed by atoms with Crippen molar-refractivity contribution < 1.29 is 14.3 Å². The van der Waals surface area contributed by atoms with Crippen LogP contribution in [-0.4, -0.2) is 44.2 Å². The third kappa shape index (κ3) is 3.99. The maximum atomic E-state index is 12.7. The first kappa shape index (κ1) is 18.3. The lowest BCUT2D eigenvalue weighted by Crippen LogP contribution is -2.54. The molecule has 1 aliphatic heterocycles. The molecule has 2 aromatic carbocycles. The highest BCUT2D eigenvalue weighted by atomic mass is 16.5. The van der Waals surface area contributed by atoms with Gasteiger partial charge in [0.25, 0.3) is 0 Å². The number of benzene rings is 2. The van der Waals surface area contributed by atoms with Crippen LogP contribution in [0.15, 0.2) is 42.5 Å². The summed E-state index contributed by atoms with van der Waals surface area (Å²) >= 11 is 0. The third-order valence-corrected chi connectivity index (χ3v) is 4.85. The van der Waals surface area contributed by atoms with E-state index in [0.29, 0.717) is 19.6 Å². The summed E-state index contributed by atoms with van der Waals surface area (Å²) in [5, 5.41) is 0. The number of aryl methyl sites for hydroxylation is 1. The van der Waals surface area contributed by atoms with Crippen LogP contribution in [0.3, 0.4) is 0 Å². The molecule has 2 aromatic rings. The van der Waals surface area contributed by atoms with Crippen molar-refractivity contribution in [2.45, 2.75) is 26.4 Å². The van der Waals surface area contributed by atoms with E-state index in [1.165, 1.54) is 5.56 Å². The van der Waals surface area contributed by atoms with E-state index in [0.717, 1.165) is 22.7 Å². The van der Waals surface area contributed by atoms with Crippen LogP contribution in [0.2, 0.25) is 0 Å². The van der Waals surface area contributed by atoms with Crippen molar-refractivity contribution in [3.05, 3.63) is 53.6 Å². The number of hydrogen-bond donors (Lipinski definition) is 0. The summed E-state index contributed by atoms with van der Waals surface area (Å²) in [5.74, 6) is 1.65. The van der Waals surface area contributed by atoms with Gasteiger partial charge in [-0.15, -0.1) is 0 Å². The third-order valence-electron chi connectivity index (χ3n) is 4.85. The molecule has 0 bridgehead atoms. The molecule has 1 heterocycles. The van der Waals surface area contributed by atoms with E-state index < -0.39 is 0 Å². The molecule has 3 rings (SSSR count). The smallest absolute Gasteiger partial charge is 0.241 e. The normalized spacial score (nSPS) is 18.1. The molecule has 1 fully saturated rings. The summed E-state index contributed by atoms with van der Waals surface area (Å²) in [7, 11) is 3.29. The molecule has 1 atom stereocenters. The van der Waals surface area contributed by atoms with Crippen LogP contribution in [0.1, 0.15) is 18.1 Å². The number of carbonyl (C=O) groups is 1. The monoisotopic (exact) mass is 354 g/mol. The Morgan fingerprint density at radius 3 is 2.23 bits per heavy atom. The van der Waals surface area contributed by atoms with Crippen molar-refractivity contribution in [2.75, 3.05) is 32.2 Å². The van der Waals surface area contributed by atoms with Crippen molar-refractivity contribution in [1.29, 1.82) is 0 Å². The summed E-state index contributed by atoms with van der Waals surface area (Å²) in [6.07, 6.45) is 0. The fourth-order valence-electron chi connectivity index (χ4n) is 3.27. The molecule has 0 aromatic heterocycles. The molecule has 0 spiro atoms.